The molecule has 2 aromatic carbocycles. The van der Waals surface area contributed by atoms with Gasteiger partial charge in [0.25, 0.3) is 0 Å². The van der Waals surface area contributed by atoms with E-state index in [0.29, 0.717) is 41.9 Å². The van der Waals surface area contributed by atoms with Crippen LogP contribution in [0, 0.1) is 0 Å². The molecule has 2 heterocycles. The van der Waals surface area contributed by atoms with Crippen molar-refractivity contribution in [2.75, 3.05) is 36.4 Å². The third kappa shape index (κ3) is 4.60. The zero-order valence-corrected chi connectivity index (χ0v) is 17.1. The Balaban J connectivity index is 1.35. The minimum absolute atomic E-state index is 0.181. The van der Waals surface area contributed by atoms with Gasteiger partial charge in [-0.1, -0.05) is 53.5 Å². The number of rotatable bonds is 3. The number of halogens is 2. The van der Waals surface area contributed by atoms with E-state index < -0.39 is 0 Å². The van der Waals surface area contributed by atoms with Crippen molar-refractivity contribution in [2.24, 2.45) is 0 Å². The Bertz CT molecular complexity index is 990. The highest BCUT2D eigenvalue weighted by atomic mass is 35.5. The van der Waals surface area contributed by atoms with E-state index in [1.165, 1.54) is 0 Å². The molecule has 1 saturated heterocycles. The number of hydrogen-bond acceptors (Lipinski definition) is 4. The smallest absolute Gasteiger partial charge is 0.322 e. The fraction of sp³-hybridized carbons (Fsp3) is 0.190. The van der Waals surface area contributed by atoms with E-state index in [4.69, 9.17) is 23.2 Å². The Kier molecular flexibility index (Phi) is 5.83. The van der Waals surface area contributed by atoms with Gasteiger partial charge in [-0.05, 0) is 30.3 Å². The van der Waals surface area contributed by atoms with E-state index in [2.05, 4.69) is 20.4 Å². The highest BCUT2D eigenvalue weighted by Crippen LogP contribution is 2.26. The fourth-order valence-corrected chi connectivity index (χ4v) is 3.64. The molecule has 4 rings (SSSR count). The summed E-state index contributed by atoms with van der Waals surface area (Å²) in [5.74, 6) is 0.811. The van der Waals surface area contributed by atoms with Gasteiger partial charge in [-0.3, -0.25) is 0 Å². The normalized spacial score (nSPS) is 14.0. The molecule has 29 heavy (non-hydrogen) atoms. The molecule has 1 fully saturated rings. The molecule has 8 heteroatoms. The predicted molar refractivity (Wildman–Crippen MR) is 117 cm³/mol. The molecular weight excluding hydrogens is 409 g/mol. The molecule has 0 aliphatic carbocycles. The highest BCUT2D eigenvalue weighted by molar-refractivity contribution is 6.36. The topological polar surface area (TPSA) is 61.4 Å². The molecule has 0 spiro atoms. The number of nitrogens with zero attached hydrogens (tertiary/aromatic N) is 4. The monoisotopic (exact) mass is 427 g/mol. The van der Waals surface area contributed by atoms with E-state index in [1.54, 1.807) is 23.1 Å². The van der Waals surface area contributed by atoms with Crippen LogP contribution in [0.5, 0.6) is 0 Å². The van der Waals surface area contributed by atoms with Crippen LogP contribution in [0.15, 0.2) is 60.7 Å². The van der Waals surface area contributed by atoms with Gasteiger partial charge in [-0.2, -0.15) is 0 Å². The summed E-state index contributed by atoms with van der Waals surface area (Å²) in [6.07, 6.45) is 0. The van der Waals surface area contributed by atoms with Crippen LogP contribution in [0.2, 0.25) is 10.0 Å². The van der Waals surface area contributed by atoms with E-state index in [0.717, 1.165) is 17.1 Å². The molecule has 148 valence electrons. The lowest BCUT2D eigenvalue weighted by Gasteiger charge is -2.35. The zero-order valence-electron chi connectivity index (χ0n) is 15.6. The van der Waals surface area contributed by atoms with Gasteiger partial charge in [0.15, 0.2) is 5.82 Å². The van der Waals surface area contributed by atoms with Crippen LogP contribution >= 0.6 is 23.2 Å². The number of hydrogen-bond donors (Lipinski definition) is 1. The van der Waals surface area contributed by atoms with Gasteiger partial charge in [0.1, 0.15) is 0 Å². The second-order valence-corrected chi connectivity index (χ2v) is 7.51. The minimum atomic E-state index is -0.181. The maximum Gasteiger partial charge on any atom is 0.322 e. The molecule has 6 nitrogen and oxygen atoms in total. The predicted octanol–water partition coefficient (Wildman–Crippen LogP) is 4.80. The second-order valence-electron chi connectivity index (χ2n) is 6.67. The Labute approximate surface area is 179 Å². The van der Waals surface area contributed by atoms with Crippen LogP contribution in [0.1, 0.15) is 0 Å². The fourth-order valence-electron chi connectivity index (χ4n) is 3.18. The van der Waals surface area contributed by atoms with E-state index in [-0.39, 0.29) is 6.03 Å². The summed E-state index contributed by atoms with van der Waals surface area (Å²) in [7, 11) is 0. The van der Waals surface area contributed by atoms with Crippen molar-refractivity contribution >= 4 is 40.7 Å². The number of anilines is 2. The van der Waals surface area contributed by atoms with Gasteiger partial charge >= 0.3 is 6.03 Å². The number of nitrogens with one attached hydrogen (secondary N) is 1. The largest absolute Gasteiger partial charge is 0.352 e. The average Bonchev–Trinajstić information content (AvgIpc) is 2.76. The lowest BCUT2D eigenvalue weighted by molar-refractivity contribution is 0.208. The molecule has 1 aromatic heterocycles. The average molecular weight is 428 g/mol. The summed E-state index contributed by atoms with van der Waals surface area (Å²) < 4.78 is 0. The molecule has 0 atom stereocenters. The maximum absolute atomic E-state index is 12.5. The number of carbonyl (C=O) groups excluding carboxylic acids is 1. The molecule has 0 radical (unpaired) electrons. The SMILES string of the molecule is O=C(Nc1ccc(Cl)cc1Cl)N1CCN(c2ccc(-c3ccccc3)nn2)CC1. The molecule has 2 amide bonds. The van der Waals surface area contributed by atoms with Crippen LogP contribution < -0.4 is 10.2 Å². The van der Waals surface area contributed by atoms with Gasteiger partial charge in [0.2, 0.25) is 0 Å². The van der Waals surface area contributed by atoms with Gasteiger partial charge in [0.05, 0.1) is 16.4 Å². The van der Waals surface area contributed by atoms with Crippen molar-refractivity contribution in [3.8, 4) is 11.3 Å². The van der Waals surface area contributed by atoms with Crippen LogP contribution in [0.4, 0.5) is 16.3 Å². The number of aromatic nitrogens is 2. The van der Waals surface area contributed by atoms with Crippen molar-refractivity contribution in [3.05, 3.63) is 70.7 Å². The Morgan fingerprint density at radius 1 is 0.897 bits per heavy atom. The second kappa shape index (κ2) is 8.68. The third-order valence-corrected chi connectivity index (χ3v) is 5.33. The number of carbonyl (C=O) groups is 1. The summed E-state index contributed by atoms with van der Waals surface area (Å²) in [5.41, 5.74) is 2.42. The molecule has 3 aromatic rings. The molecule has 1 aliphatic heterocycles. The van der Waals surface area contributed by atoms with E-state index in [9.17, 15) is 4.79 Å². The maximum atomic E-state index is 12.5. The Morgan fingerprint density at radius 3 is 2.31 bits per heavy atom. The zero-order chi connectivity index (χ0) is 20.2. The van der Waals surface area contributed by atoms with Gasteiger partial charge in [-0.15, -0.1) is 10.2 Å². The summed E-state index contributed by atoms with van der Waals surface area (Å²) in [5, 5.41) is 12.5. The summed E-state index contributed by atoms with van der Waals surface area (Å²) in [6, 6.07) is 18.7. The van der Waals surface area contributed by atoms with Crippen LogP contribution in [0.3, 0.4) is 0 Å². The summed E-state index contributed by atoms with van der Waals surface area (Å²) in [6.45, 7) is 2.53. The minimum Gasteiger partial charge on any atom is -0.352 e. The molecule has 0 bridgehead atoms. The van der Waals surface area contributed by atoms with Gasteiger partial charge in [0, 0.05) is 36.8 Å². The van der Waals surface area contributed by atoms with Crippen molar-refractivity contribution < 1.29 is 4.79 Å². The summed E-state index contributed by atoms with van der Waals surface area (Å²) >= 11 is 12.0. The Morgan fingerprint density at radius 2 is 1.66 bits per heavy atom. The van der Waals surface area contributed by atoms with Gasteiger partial charge in [-0.25, -0.2) is 4.79 Å². The first-order chi connectivity index (χ1) is 14.1. The quantitative estimate of drug-likeness (QED) is 0.651. The lowest BCUT2D eigenvalue weighted by atomic mass is 10.1. The Hall–Kier alpha value is -2.83. The number of amides is 2. The van der Waals surface area contributed by atoms with Crippen molar-refractivity contribution in [2.45, 2.75) is 0 Å². The summed E-state index contributed by atoms with van der Waals surface area (Å²) in [4.78, 5) is 16.4. The number of benzene rings is 2. The van der Waals surface area contributed by atoms with Gasteiger partial charge < -0.3 is 15.1 Å². The first-order valence-corrected chi connectivity index (χ1v) is 10.0. The van der Waals surface area contributed by atoms with Crippen LogP contribution in [-0.4, -0.2) is 47.3 Å². The van der Waals surface area contributed by atoms with Crippen molar-refractivity contribution in [3.63, 3.8) is 0 Å². The van der Waals surface area contributed by atoms with Crippen LogP contribution in [-0.2, 0) is 0 Å². The molecule has 0 saturated carbocycles. The van der Waals surface area contributed by atoms with Crippen LogP contribution in [0.25, 0.3) is 11.3 Å². The number of urea groups is 1. The number of piperazine rings is 1. The third-order valence-electron chi connectivity index (χ3n) is 4.78. The van der Waals surface area contributed by atoms with Crippen molar-refractivity contribution in [1.82, 2.24) is 15.1 Å². The van der Waals surface area contributed by atoms with E-state index in [1.807, 2.05) is 42.5 Å². The molecule has 0 unspecified atom stereocenters. The first-order valence-electron chi connectivity index (χ1n) is 9.25. The lowest BCUT2D eigenvalue weighted by Crippen LogP contribution is -2.50. The first kappa shape index (κ1) is 19.5. The highest BCUT2D eigenvalue weighted by Gasteiger charge is 2.22. The van der Waals surface area contributed by atoms with E-state index >= 15 is 0 Å². The molecule has 1 N–H and O–H groups in total. The van der Waals surface area contributed by atoms with Crippen molar-refractivity contribution in [1.29, 1.82) is 0 Å². The standard InChI is InChI=1S/C21H19Cl2N5O/c22-16-6-7-19(17(23)14-16)24-21(29)28-12-10-27(11-13-28)20-9-8-18(25-26-20)15-4-2-1-3-5-15/h1-9,14H,10-13H2,(H,24,29). The molecule has 1 aliphatic rings. The molecular formula is C21H19Cl2N5O.